The number of carbonyl (C=O) groups is 1. The molecule has 0 aromatic rings. The molecule has 0 aliphatic carbocycles. The van der Waals surface area contributed by atoms with Crippen molar-refractivity contribution in [3.8, 4) is 0 Å². The molecule has 0 heterocycles. The van der Waals surface area contributed by atoms with Gasteiger partial charge in [0.25, 0.3) is 0 Å². The summed E-state index contributed by atoms with van der Waals surface area (Å²) in [4.78, 5) is 10.3. The highest BCUT2D eigenvalue weighted by atomic mass is 19.4. The average Bonchev–Trinajstić information content (AvgIpc) is 2.32. The second-order valence-corrected chi connectivity index (χ2v) is 4.77. The van der Waals surface area contributed by atoms with Gasteiger partial charge in [0.2, 0.25) is 0 Å². The number of carboxylic acids is 1. The van der Waals surface area contributed by atoms with E-state index in [1.807, 2.05) is 0 Å². The van der Waals surface area contributed by atoms with Gasteiger partial charge in [0.1, 0.15) is 0 Å². The summed E-state index contributed by atoms with van der Waals surface area (Å²) >= 11 is 0. The van der Waals surface area contributed by atoms with Gasteiger partial charge in [0.15, 0.2) is 0 Å². The number of carboxylic acid groups (broad SMARTS) is 1. The lowest BCUT2D eigenvalue weighted by Gasteiger charge is -2.34. The van der Waals surface area contributed by atoms with E-state index in [2.05, 4.69) is 6.58 Å². The van der Waals surface area contributed by atoms with Crippen LogP contribution in [0.25, 0.3) is 0 Å². The molecule has 0 spiro atoms. The number of aliphatic carboxylic acids is 1. The number of rotatable bonds is 8. The normalized spacial score (nSPS) is 14.6. The molecule has 0 atom stereocenters. The summed E-state index contributed by atoms with van der Waals surface area (Å²) in [7, 11) is 0. The standard InChI is InChI=1S/C11H9F11O2/c1-5(6(23)24)2-3-7(12,13)10(18,19)8(14,15)4-9(16,17)11(20,21)22/h1-4H2,(H,23,24). The Morgan fingerprint density at radius 3 is 1.54 bits per heavy atom. The van der Waals surface area contributed by atoms with Gasteiger partial charge in [-0.15, -0.1) is 0 Å². The van der Waals surface area contributed by atoms with E-state index in [1.165, 1.54) is 0 Å². The lowest BCUT2D eigenvalue weighted by atomic mass is 9.94. The molecule has 0 aliphatic heterocycles. The van der Waals surface area contributed by atoms with Crippen LogP contribution in [0.5, 0.6) is 0 Å². The first-order valence-corrected chi connectivity index (χ1v) is 5.77. The van der Waals surface area contributed by atoms with Crippen LogP contribution in [0.4, 0.5) is 48.3 Å². The molecule has 2 nitrogen and oxygen atoms in total. The first-order chi connectivity index (χ1) is 10.3. The van der Waals surface area contributed by atoms with E-state index in [4.69, 9.17) is 5.11 Å². The Kier molecular flexibility index (Phi) is 5.97. The van der Waals surface area contributed by atoms with Gasteiger partial charge in [0.05, 0.1) is 6.42 Å². The molecule has 0 saturated heterocycles. The minimum absolute atomic E-state index is 1.07. The number of hydrogen-bond acceptors (Lipinski definition) is 1. The van der Waals surface area contributed by atoms with E-state index < -0.39 is 60.7 Å². The Labute approximate surface area is 126 Å². The minimum Gasteiger partial charge on any atom is -0.478 e. The van der Waals surface area contributed by atoms with Gasteiger partial charge in [-0.25, -0.2) is 4.79 Å². The van der Waals surface area contributed by atoms with Crippen molar-refractivity contribution in [2.24, 2.45) is 0 Å². The van der Waals surface area contributed by atoms with Gasteiger partial charge >= 0.3 is 35.8 Å². The van der Waals surface area contributed by atoms with Crippen LogP contribution in [0.15, 0.2) is 12.2 Å². The van der Waals surface area contributed by atoms with E-state index in [1.54, 1.807) is 0 Å². The fourth-order valence-electron chi connectivity index (χ4n) is 1.33. The molecule has 0 amide bonds. The van der Waals surface area contributed by atoms with Crippen LogP contribution in [0.2, 0.25) is 0 Å². The summed E-state index contributed by atoms with van der Waals surface area (Å²) in [6.45, 7) is 2.66. The van der Waals surface area contributed by atoms with E-state index in [-0.39, 0.29) is 0 Å². The van der Waals surface area contributed by atoms with E-state index in [0.717, 1.165) is 0 Å². The second-order valence-electron chi connectivity index (χ2n) is 4.77. The number of hydrogen-bond donors (Lipinski definition) is 1. The lowest BCUT2D eigenvalue weighted by Crippen LogP contribution is -2.57. The monoisotopic (exact) mass is 382 g/mol. The molecule has 0 saturated carbocycles. The van der Waals surface area contributed by atoms with Gasteiger partial charge < -0.3 is 5.11 Å². The maximum absolute atomic E-state index is 13.2. The Hall–Kier alpha value is -1.56. The molecule has 0 aromatic carbocycles. The highest BCUT2D eigenvalue weighted by Gasteiger charge is 2.75. The van der Waals surface area contributed by atoms with Crippen LogP contribution in [-0.4, -0.2) is 40.9 Å². The molecule has 0 fully saturated rings. The van der Waals surface area contributed by atoms with E-state index >= 15 is 0 Å². The van der Waals surface area contributed by atoms with Crippen molar-refractivity contribution in [2.45, 2.75) is 49.1 Å². The third-order valence-corrected chi connectivity index (χ3v) is 2.82. The van der Waals surface area contributed by atoms with Crippen LogP contribution in [-0.2, 0) is 4.79 Å². The second kappa shape index (κ2) is 6.39. The van der Waals surface area contributed by atoms with Crippen LogP contribution in [0.1, 0.15) is 19.3 Å². The third-order valence-electron chi connectivity index (χ3n) is 2.82. The molecule has 0 bridgehead atoms. The van der Waals surface area contributed by atoms with E-state index in [0.29, 0.717) is 0 Å². The maximum atomic E-state index is 13.2. The van der Waals surface area contributed by atoms with Crippen molar-refractivity contribution < 1.29 is 58.2 Å². The van der Waals surface area contributed by atoms with Crippen molar-refractivity contribution in [2.75, 3.05) is 0 Å². The molecular weight excluding hydrogens is 373 g/mol. The third kappa shape index (κ3) is 4.50. The van der Waals surface area contributed by atoms with Crippen molar-refractivity contribution in [3.63, 3.8) is 0 Å². The van der Waals surface area contributed by atoms with Crippen LogP contribution in [0, 0.1) is 0 Å². The first kappa shape index (κ1) is 22.4. The van der Waals surface area contributed by atoms with Crippen LogP contribution < -0.4 is 0 Å². The smallest absolute Gasteiger partial charge is 0.453 e. The van der Waals surface area contributed by atoms with Crippen molar-refractivity contribution in [3.05, 3.63) is 12.2 Å². The molecule has 0 radical (unpaired) electrons. The zero-order valence-electron chi connectivity index (χ0n) is 11.3. The van der Waals surface area contributed by atoms with Gasteiger partial charge in [-0.3, -0.25) is 0 Å². The number of alkyl halides is 11. The van der Waals surface area contributed by atoms with Gasteiger partial charge in [-0.05, 0) is 6.42 Å². The summed E-state index contributed by atoms with van der Waals surface area (Å²) in [5.74, 6) is -27.0. The van der Waals surface area contributed by atoms with Gasteiger partial charge in [-0.2, -0.15) is 48.3 Å². The Morgan fingerprint density at radius 1 is 0.792 bits per heavy atom. The summed E-state index contributed by atoms with van der Waals surface area (Å²) < 4.78 is 139. The predicted octanol–water partition coefficient (Wildman–Crippen LogP) is 4.90. The highest BCUT2D eigenvalue weighted by molar-refractivity contribution is 5.85. The molecule has 0 aromatic heterocycles. The Bertz CT molecular complexity index is 493. The number of halogens is 11. The summed E-state index contributed by atoms with van der Waals surface area (Å²) in [6, 6.07) is 0. The first-order valence-electron chi connectivity index (χ1n) is 5.77. The van der Waals surface area contributed by atoms with Crippen LogP contribution in [0.3, 0.4) is 0 Å². The average molecular weight is 382 g/mol. The predicted molar refractivity (Wildman–Crippen MR) is 56.5 cm³/mol. The molecular formula is C11H9F11O2. The van der Waals surface area contributed by atoms with Crippen molar-refractivity contribution in [1.29, 1.82) is 0 Å². The van der Waals surface area contributed by atoms with Gasteiger partial charge in [-0.1, -0.05) is 6.58 Å². The summed E-state index contributed by atoms with van der Waals surface area (Å²) in [6.07, 6.45) is -14.2. The quantitative estimate of drug-likeness (QED) is 0.479. The Balaban J connectivity index is 5.44. The van der Waals surface area contributed by atoms with Crippen LogP contribution >= 0.6 is 0 Å². The molecule has 0 unspecified atom stereocenters. The zero-order valence-corrected chi connectivity index (χ0v) is 11.3. The highest BCUT2D eigenvalue weighted by Crippen LogP contribution is 2.53. The summed E-state index contributed by atoms with van der Waals surface area (Å²) in [5, 5.41) is 8.28. The molecule has 1 N–H and O–H groups in total. The van der Waals surface area contributed by atoms with Gasteiger partial charge in [0, 0.05) is 12.0 Å². The fraction of sp³-hybridized carbons (Fsp3) is 0.727. The Morgan fingerprint density at radius 2 is 1.21 bits per heavy atom. The van der Waals surface area contributed by atoms with Crippen molar-refractivity contribution in [1.82, 2.24) is 0 Å². The maximum Gasteiger partial charge on any atom is 0.453 e. The van der Waals surface area contributed by atoms with E-state index in [9.17, 15) is 53.1 Å². The molecule has 0 aliphatic rings. The topological polar surface area (TPSA) is 37.3 Å². The molecule has 24 heavy (non-hydrogen) atoms. The molecule has 142 valence electrons. The zero-order chi connectivity index (χ0) is 19.8. The molecule has 0 rings (SSSR count). The SMILES string of the molecule is C=C(CCC(F)(F)C(F)(F)C(F)(F)CC(F)(F)C(F)(F)F)C(=O)O. The largest absolute Gasteiger partial charge is 0.478 e. The van der Waals surface area contributed by atoms with Crippen molar-refractivity contribution >= 4 is 5.97 Å². The lowest BCUT2D eigenvalue weighted by molar-refractivity contribution is -0.351. The summed E-state index contributed by atoms with van der Waals surface area (Å²) in [5.41, 5.74) is -1.07. The fourth-order valence-corrected chi connectivity index (χ4v) is 1.33. The molecule has 13 heteroatoms. The minimum atomic E-state index is -6.65.